The summed E-state index contributed by atoms with van der Waals surface area (Å²) in [5, 5.41) is 10.2. The number of aliphatic hydroxyl groups is 1. The van der Waals surface area contributed by atoms with Crippen molar-refractivity contribution in [3.8, 4) is 5.75 Å². The molecule has 1 saturated heterocycles. The molecule has 1 fully saturated rings. The van der Waals surface area contributed by atoms with Crippen molar-refractivity contribution in [3.63, 3.8) is 0 Å². The quantitative estimate of drug-likeness (QED) is 0.779. The Morgan fingerprint density at radius 3 is 2.29 bits per heavy atom. The van der Waals surface area contributed by atoms with Gasteiger partial charge in [0.25, 0.3) is 0 Å². The van der Waals surface area contributed by atoms with Gasteiger partial charge in [-0.15, -0.1) is 12.4 Å². The topological polar surface area (TPSA) is 35.9 Å². The van der Waals surface area contributed by atoms with Crippen LogP contribution in [0.4, 0.5) is 18.9 Å². The molecule has 0 bridgehead atoms. The van der Waals surface area contributed by atoms with Crippen LogP contribution in [0, 0.1) is 0 Å². The molecule has 2 aromatic carbocycles. The maximum absolute atomic E-state index is 12.7. The van der Waals surface area contributed by atoms with Crippen molar-refractivity contribution in [1.82, 2.24) is 4.90 Å². The first-order valence-corrected chi connectivity index (χ1v) is 8.92. The third-order valence-electron chi connectivity index (χ3n) is 4.57. The van der Waals surface area contributed by atoms with Gasteiger partial charge in [0, 0.05) is 38.4 Å². The summed E-state index contributed by atoms with van der Waals surface area (Å²) in [6.45, 7) is 3.75. The second-order valence-corrected chi connectivity index (χ2v) is 6.61. The first-order valence-electron chi connectivity index (χ1n) is 8.92. The number of aliphatic hydroxyl groups excluding tert-OH is 1. The van der Waals surface area contributed by atoms with E-state index in [0.717, 1.165) is 38.3 Å². The van der Waals surface area contributed by atoms with Crippen molar-refractivity contribution in [1.29, 1.82) is 0 Å². The van der Waals surface area contributed by atoms with E-state index in [1.54, 1.807) is 0 Å². The maximum Gasteiger partial charge on any atom is 0.416 e. The number of ether oxygens (including phenoxy) is 1. The van der Waals surface area contributed by atoms with E-state index in [1.807, 2.05) is 18.2 Å². The molecule has 0 radical (unpaired) electrons. The van der Waals surface area contributed by atoms with Crippen molar-refractivity contribution in [2.75, 3.05) is 44.2 Å². The molecule has 1 aliphatic heterocycles. The van der Waals surface area contributed by atoms with E-state index in [0.29, 0.717) is 6.54 Å². The number of hydrogen-bond acceptors (Lipinski definition) is 4. The maximum atomic E-state index is 12.7. The summed E-state index contributed by atoms with van der Waals surface area (Å²) in [5.74, 6) is 0.109. The van der Waals surface area contributed by atoms with Crippen molar-refractivity contribution in [2.24, 2.45) is 0 Å². The van der Waals surface area contributed by atoms with E-state index < -0.39 is 17.8 Å². The molecule has 0 amide bonds. The number of piperazine rings is 1. The lowest BCUT2D eigenvalue weighted by molar-refractivity contribution is -0.137. The zero-order valence-corrected chi connectivity index (χ0v) is 16.1. The molecule has 0 saturated carbocycles. The zero-order valence-electron chi connectivity index (χ0n) is 15.3. The van der Waals surface area contributed by atoms with E-state index in [-0.39, 0.29) is 24.8 Å². The van der Waals surface area contributed by atoms with Crippen LogP contribution in [0.3, 0.4) is 0 Å². The number of β-amino-alcohol motifs (C(OH)–C–C–N with tert-alkyl or cyclic N) is 1. The van der Waals surface area contributed by atoms with Gasteiger partial charge in [0.1, 0.15) is 18.5 Å². The molecule has 1 N–H and O–H groups in total. The monoisotopic (exact) mass is 416 g/mol. The minimum atomic E-state index is -4.41. The summed E-state index contributed by atoms with van der Waals surface area (Å²) < 4.78 is 43.5. The third kappa shape index (κ3) is 6.29. The summed E-state index contributed by atoms with van der Waals surface area (Å²) in [5.41, 5.74) is 0.428. The highest BCUT2D eigenvalue weighted by molar-refractivity contribution is 5.85. The summed E-state index contributed by atoms with van der Waals surface area (Å²) in [6, 6.07) is 14.9. The fourth-order valence-corrected chi connectivity index (χ4v) is 3.13. The Balaban J connectivity index is 0.00000280. The van der Waals surface area contributed by atoms with Crippen LogP contribution in [0.5, 0.6) is 5.75 Å². The molecule has 1 aliphatic rings. The average molecular weight is 417 g/mol. The highest BCUT2D eigenvalue weighted by Gasteiger charge is 2.30. The molecule has 0 aromatic heterocycles. The zero-order chi connectivity index (χ0) is 19.3. The smallest absolute Gasteiger partial charge is 0.416 e. The Morgan fingerprint density at radius 2 is 1.64 bits per heavy atom. The molecule has 1 atom stereocenters. The summed E-state index contributed by atoms with van der Waals surface area (Å²) >= 11 is 0. The molecule has 154 valence electrons. The van der Waals surface area contributed by atoms with Crippen LogP contribution in [0.2, 0.25) is 0 Å². The van der Waals surface area contributed by atoms with Crippen LogP contribution >= 0.6 is 12.4 Å². The van der Waals surface area contributed by atoms with Gasteiger partial charge in [-0.2, -0.15) is 13.2 Å². The Hall–Kier alpha value is -1.96. The normalized spacial score (nSPS) is 16.4. The minimum Gasteiger partial charge on any atom is -0.491 e. The molecule has 3 rings (SSSR count). The SMILES string of the molecule is Cl.OC(COc1cccc(C(F)(F)F)c1)CN1CCN(c2ccccc2)CC1. The minimum absolute atomic E-state index is 0. The number of nitrogens with zero attached hydrogens (tertiary/aromatic N) is 2. The number of hydrogen-bond donors (Lipinski definition) is 1. The Bertz CT molecular complexity index is 723. The number of anilines is 1. The van der Waals surface area contributed by atoms with Gasteiger partial charge in [0.15, 0.2) is 0 Å². The molecular formula is C20H24ClF3N2O2. The number of halogens is 4. The second kappa shape index (κ2) is 10.0. The average Bonchev–Trinajstić information content (AvgIpc) is 2.67. The summed E-state index contributed by atoms with van der Waals surface area (Å²) in [7, 11) is 0. The van der Waals surface area contributed by atoms with E-state index in [1.165, 1.54) is 17.8 Å². The van der Waals surface area contributed by atoms with Gasteiger partial charge in [-0.25, -0.2) is 0 Å². The lowest BCUT2D eigenvalue weighted by Crippen LogP contribution is -2.49. The van der Waals surface area contributed by atoms with Gasteiger partial charge in [0.2, 0.25) is 0 Å². The van der Waals surface area contributed by atoms with Gasteiger partial charge >= 0.3 is 6.18 Å². The molecule has 4 nitrogen and oxygen atoms in total. The molecule has 28 heavy (non-hydrogen) atoms. The lowest BCUT2D eigenvalue weighted by Gasteiger charge is -2.36. The largest absolute Gasteiger partial charge is 0.491 e. The predicted molar refractivity (Wildman–Crippen MR) is 105 cm³/mol. The Labute approximate surface area is 168 Å². The van der Waals surface area contributed by atoms with E-state index in [2.05, 4.69) is 21.9 Å². The van der Waals surface area contributed by atoms with E-state index >= 15 is 0 Å². The van der Waals surface area contributed by atoms with Gasteiger partial charge in [-0.1, -0.05) is 24.3 Å². The molecule has 1 heterocycles. The number of para-hydroxylation sites is 1. The van der Waals surface area contributed by atoms with Gasteiger partial charge < -0.3 is 14.7 Å². The molecule has 0 spiro atoms. The van der Waals surface area contributed by atoms with E-state index in [9.17, 15) is 18.3 Å². The van der Waals surface area contributed by atoms with E-state index in [4.69, 9.17) is 4.74 Å². The van der Waals surface area contributed by atoms with Crippen molar-refractivity contribution < 1.29 is 23.0 Å². The van der Waals surface area contributed by atoms with Gasteiger partial charge in [-0.05, 0) is 30.3 Å². The highest BCUT2D eigenvalue weighted by atomic mass is 35.5. The number of benzene rings is 2. The lowest BCUT2D eigenvalue weighted by atomic mass is 10.2. The molecule has 8 heteroatoms. The molecule has 0 aliphatic carbocycles. The fourth-order valence-electron chi connectivity index (χ4n) is 3.13. The first-order chi connectivity index (χ1) is 12.9. The van der Waals surface area contributed by atoms with Crippen LogP contribution in [0.1, 0.15) is 5.56 Å². The Morgan fingerprint density at radius 1 is 0.964 bits per heavy atom. The van der Waals surface area contributed by atoms with Gasteiger partial charge in [0.05, 0.1) is 5.56 Å². The van der Waals surface area contributed by atoms with Crippen LogP contribution < -0.4 is 9.64 Å². The predicted octanol–water partition coefficient (Wildman–Crippen LogP) is 3.69. The second-order valence-electron chi connectivity index (χ2n) is 6.61. The van der Waals surface area contributed by atoms with Crippen molar-refractivity contribution in [2.45, 2.75) is 12.3 Å². The van der Waals surface area contributed by atoms with Crippen molar-refractivity contribution in [3.05, 3.63) is 60.2 Å². The standard InChI is InChI=1S/C20H23F3N2O2.ClH/c21-20(22,23)16-5-4-8-19(13-16)27-15-18(26)14-24-9-11-25(12-10-24)17-6-2-1-3-7-17;/h1-8,13,18,26H,9-12,14-15H2;1H. The van der Waals surface area contributed by atoms with Gasteiger partial charge in [-0.3, -0.25) is 4.90 Å². The van der Waals surface area contributed by atoms with Crippen LogP contribution in [0.15, 0.2) is 54.6 Å². The van der Waals surface area contributed by atoms with Crippen LogP contribution in [0.25, 0.3) is 0 Å². The summed E-state index contributed by atoms with van der Waals surface area (Å²) in [6.07, 6.45) is -5.17. The summed E-state index contributed by atoms with van der Waals surface area (Å²) in [4.78, 5) is 4.43. The molecule has 2 aromatic rings. The van der Waals surface area contributed by atoms with Crippen LogP contribution in [-0.4, -0.2) is 55.4 Å². The fraction of sp³-hybridized carbons (Fsp3) is 0.400. The van der Waals surface area contributed by atoms with Crippen molar-refractivity contribution >= 4 is 18.1 Å². The number of alkyl halides is 3. The Kier molecular flexibility index (Phi) is 7.98. The molecular weight excluding hydrogens is 393 g/mol. The highest BCUT2D eigenvalue weighted by Crippen LogP contribution is 2.31. The molecule has 1 unspecified atom stereocenters. The number of rotatable bonds is 6. The first kappa shape index (κ1) is 22.3. The third-order valence-corrected chi connectivity index (χ3v) is 4.57. The van der Waals surface area contributed by atoms with Crippen LogP contribution in [-0.2, 0) is 6.18 Å².